The minimum Gasteiger partial charge on any atom is -0.393 e. The first kappa shape index (κ1) is 10.7. The highest BCUT2D eigenvalue weighted by Gasteiger charge is 2.23. The van der Waals surface area contributed by atoms with Crippen LogP contribution in [0.25, 0.3) is 0 Å². The molecule has 1 aliphatic rings. The fourth-order valence-corrected chi connectivity index (χ4v) is 2.73. The van der Waals surface area contributed by atoms with Crippen LogP contribution in [0, 0.1) is 5.92 Å². The van der Waals surface area contributed by atoms with E-state index in [-0.39, 0.29) is 6.10 Å². The van der Waals surface area contributed by atoms with E-state index in [1.165, 1.54) is 11.3 Å². The Labute approximate surface area is 93.7 Å². The predicted octanol–water partition coefficient (Wildman–Crippen LogP) is 1.32. The van der Waals surface area contributed by atoms with Crippen molar-refractivity contribution in [1.29, 1.82) is 0 Å². The van der Waals surface area contributed by atoms with Crippen LogP contribution in [0.4, 0.5) is 10.1 Å². The van der Waals surface area contributed by atoms with Gasteiger partial charge in [-0.3, -0.25) is 0 Å². The molecule has 1 aromatic rings. The van der Waals surface area contributed by atoms with Crippen LogP contribution in [0.1, 0.15) is 19.8 Å². The number of aliphatic hydroxyl groups is 1. The standard InChI is InChI=1S/C10H17N3OS/c1-7(14)8-2-4-13(5-3-8)10-12-6-9(11)15-10/h6-8,14H,2-5,11H2,1H3. The van der Waals surface area contributed by atoms with Crippen LogP contribution < -0.4 is 10.6 Å². The third kappa shape index (κ3) is 2.41. The van der Waals surface area contributed by atoms with Crippen molar-refractivity contribution < 1.29 is 5.11 Å². The van der Waals surface area contributed by atoms with Crippen molar-refractivity contribution in [3.63, 3.8) is 0 Å². The van der Waals surface area contributed by atoms with Gasteiger partial charge in [0.05, 0.1) is 12.3 Å². The van der Waals surface area contributed by atoms with Gasteiger partial charge in [-0.2, -0.15) is 0 Å². The minimum atomic E-state index is -0.187. The number of rotatable bonds is 2. The molecule has 1 atom stereocenters. The number of hydrogen-bond acceptors (Lipinski definition) is 5. The molecule has 5 heteroatoms. The molecule has 0 bridgehead atoms. The van der Waals surface area contributed by atoms with Crippen molar-refractivity contribution in [2.24, 2.45) is 5.92 Å². The summed E-state index contributed by atoms with van der Waals surface area (Å²) in [5, 5.41) is 11.3. The molecule has 0 aromatic carbocycles. The summed E-state index contributed by atoms with van der Waals surface area (Å²) in [6.07, 6.45) is 3.60. The van der Waals surface area contributed by atoms with Gasteiger partial charge in [-0.1, -0.05) is 11.3 Å². The van der Waals surface area contributed by atoms with Crippen LogP contribution >= 0.6 is 11.3 Å². The first-order chi connectivity index (χ1) is 7.16. The molecule has 0 radical (unpaired) electrons. The highest BCUT2D eigenvalue weighted by atomic mass is 32.1. The lowest BCUT2D eigenvalue weighted by Gasteiger charge is -2.32. The van der Waals surface area contributed by atoms with Gasteiger partial charge >= 0.3 is 0 Å². The highest BCUT2D eigenvalue weighted by Crippen LogP contribution is 2.29. The first-order valence-electron chi connectivity index (χ1n) is 5.31. The second-order valence-corrected chi connectivity index (χ2v) is 5.15. The van der Waals surface area contributed by atoms with E-state index in [0.29, 0.717) is 5.92 Å². The summed E-state index contributed by atoms with van der Waals surface area (Å²) in [7, 11) is 0. The van der Waals surface area contributed by atoms with E-state index in [2.05, 4.69) is 9.88 Å². The zero-order chi connectivity index (χ0) is 10.8. The molecule has 84 valence electrons. The fraction of sp³-hybridized carbons (Fsp3) is 0.700. The van der Waals surface area contributed by atoms with Crippen LogP contribution in [-0.2, 0) is 0 Å². The number of nitrogens with zero attached hydrogens (tertiary/aromatic N) is 2. The lowest BCUT2D eigenvalue weighted by Crippen LogP contribution is -2.36. The van der Waals surface area contributed by atoms with E-state index < -0.39 is 0 Å². The lowest BCUT2D eigenvalue weighted by atomic mass is 9.92. The zero-order valence-electron chi connectivity index (χ0n) is 8.89. The Kier molecular flexibility index (Phi) is 3.11. The van der Waals surface area contributed by atoms with Gasteiger partial charge in [0.25, 0.3) is 0 Å². The van der Waals surface area contributed by atoms with Crippen molar-refractivity contribution >= 4 is 21.5 Å². The maximum Gasteiger partial charge on any atom is 0.187 e. The molecule has 0 amide bonds. The number of anilines is 2. The molecular weight excluding hydrogens is 210 g/mol. The molecule has 4 nitrogen and oxygen atoms in total. The second-order valence-electron chi connectivity index (χ2n) is 4.11. The third-order valence-corrected chi connectivity index (χ3v) is 3.89. The molecule has 0 saturated carbocycles. The third-order valence-electron chi connectivity index (χ3n) is 3.00. The van der Waals surface area contributed by atoms with E-state index in [9.17, 15) is 5.11 Å². The quantitative estimate of drug-likeness (QED) is 0.800. The molecular formula is C10H17N3OS. The molecule has 0 spiro atoms. The average Bonchev–Trinajstić information content (AvgIpc) is 2.65. The van der Waals surface area contributed by atoms with Crippen LogP contribution in [0.3, 0.4) is 0 Å². The maximum absolute atomic E-state index is 9.49. The summed E-state index contributed by atoms with van der Waals surface area (Å²) in [6, 6.07) is 0. The summed E-state index contributed by atoms with van der Waals surface area (Å²) >= 11 is 1.53. The zero-order valence-corrected chi connectivity index (χ0v) is 9.70. The Hall–Kier alpha value is -0.810. The van der Waals surface area contributed by atoms with Crippen LogP contribution in [0.2, 0.25) is 0 Å². The monoisotopic (exact) mass is 227 g/mol. The van der Waals surface area contributed by atoms with Crippen molar-refractivity contribution in [3.8, 4) is 0 Å². The Balaban J connectivity index is 1.93. The van der Waals surface area contributed by atoms with Crippen molar-refractivity contribution in [2.45, 2.75) is 25.9 Å². The maximum atomic E-state index is 9.49. The number of nitrogens with two attached hydrogens (primary N) is 1. The van der Waals surface area contributed by atoms with Crippen LogP contribution in [-0.4, -0.2) is 29.3 Å². The predicted molar refractivity (Wildman–Crippen MR) is 63.1 cm³/mol. The van der Waals surface area contributed by atoms with Gasteiger partial charge in [0.2, 0.25) is 0 Å². The molecule has 1 fully saturated rings. The van der Waals surface area contributed by atoms with E-state index in [1.807, 2.05) is 6.92 Å². The molecule has 2 rings (SSSR count). The van der Waals surface area contributed by atoms with Gasteiger partial charge < -0.3 is 15.7 Å². The number of aliphatic hydroxyl groups excluding tert-OH is 1. The summed E-state index contributed by atoms with van der Waals surface area (Å²) in [4.78, 5) is 6.52. The van der Waals surface area contributed by atoms with Crippen molar-refractivity contribution in [3.05, 3.63) is 6.20 Å². The largest absolute Gasteiger partial charge is 0.393 e. The molecule has 1 saturated heterocycles. The molecule has 3 N–H and O–H groups in total. The summed E-state index contributed by atoms with van der Waals surface area (Å²) in [5.74, 6) is 0.443. The van der Waals surface area contributed by atoms with Crippen molar-refractivity contribution in [1.82, 2.24) is 4.98 Å². The van der Waals surface area contributed by atoms with E-state index >= 15 is 0 Å². The molecule has 0 aliphatic carbocycles. The second kappa shape index (κ2) is 4.37. The Bertz CT molecular complexity index is 318. The summed E-state index contributed by atoms with van der Waals surface area (Å²) < 4.78 is 0. The van der Waals surface area contributed by atoms with E-state index in [0.717, 1.165) is 36.1 Å². The van der Waals surface area contributed by atoms with Gasteiger partial charge in [0.1, 0.15) is 5.00 Å². The number of thiazole rings is 1. The van der Waals surface area contributed by atoms with Gasteiger partial charge in [0.15, 0.2) is 5.13 Å². The van der Waals surface area contributed by atoms with E-state index in [1.54, 1.807) is 6.20 Å². The van der Waals surface area contributed by atoms with Gasteiger partial charge in [0, 0.05) is 13.1 Å². The topological polar surface area (TPSA) is 62.4 Å². The van der Waals surface area contributed by atoms with Gasteiger partial charge in [-0.25, -0.2) is 4.98 Å². The van der Waals surface area contributed by atoms with Crippen LogP contribution in [0.15, 0.2) is 6.20 Å². The molecule has 1 aromatic heterocycles. The van der Waals surface area contributed by atoms with Gasteiger partial charge in [-0.05, 0) is 25.7 Å². The molecule has 2 heterocycles. The number of piperidine rings is 1. The molecule has 15 heavy (non-hydrogen) atoms. The first-order valence-corrected chi connectivity index (χ1v) is 6.13. The average molecular weight is 227 g/mol. The Morgan fingerprint density at radius 2 is 2.27 bits per heavy atom. The normalized spacial score (nSPS) is 20.5. The fourth-order valence-electron chi connectivity index (χ4n) is 2.00. The highest BCUT2D eigenvalue weighted by molar-refractivity contribution is 7.19. The smallest absolute Gasteiger partial charge is 0.187 e. The summed E-state index contributed by atoms with van der Waals surface area (Å²) in [5.41, 5.74) is 5.65. The SMILES string of the molecule is CC(O)C1CCN(c2ncc(N)s2)CC1. The Morgan fingerprint density at radius 1 is 1.60 bits per heavy atom. The lowest BCUT2D eigenvalue weighted by molar-refractivity contribution is 0.110. The summed E-state index contributed by atoms with van der Waals surface area (Å²) in [6.45, 7) is 3.83. The van der Waals surface area contributed by atoms with Crippen LogP contribution in [0.5, 0.6) is 0 Å². The minimum absolute atomic E-state index is 0.187. The number of nitrogen functional groups attached to an aromatic ring is 1. The number of aromatic nitrogens is 1. The molecule has 1 unspecified atom stereocenters. The Morgan fingerprint density at radius 3 is 2.73 bits per heavy atom. The molecule has 1 aliphatic heterocycles. The van der Waals surface area contributed by atoms with Gasteiger partial charge in [-0.15, -0.1) is 0 Å². The van der Waals surface area contributed by atoms with E-state index in [4.69, 9.17) is 5.73 Å². The van der Waals surface area contributed by atoms with Crippen molar-refractivity contribution in [2.75, 3.05) is 23.7 Å². The number of hydrogen-bond donors (Lipinski definition) is 2.